The summed E-state index contributed by atoms with van der Waals surface area (Å²) < 4.78 is 4.93. The Morgan fingerprint density at radius 1 is 1.21 bits per heavy atom. The summed E-state index contributed by atoms with van der Waals surface area (Å²) in [6.45, 7) is 2.18. The van der Waals surface area contributed by atoms with Gasteiger partial charge in [-0.3, -0.25) is 9.59 Å². The van der Waals surface area contributed by atoms with Gasteiger partial charge in [-0.2, -0.15) is 0 Å². The van der Waals surface area contributed by atoms with E-state index >= 15 is 0 Å². The normalized spacial score (nSPS) is 20.9. The Kier molecular flexibility index (Phi) is 4.72. The maximum Gasteiger partial charge on any atom is 0.309 e. The van der Waals surface area contributed by atoms with E-state index in [1.807, 2.05) is 18.2 Å². The van der Waals surface area contributed by atoms with Crippen LogP contribution in [0.3, 0.4) is 0 Å². The molecule has 1 aromatic carbocycles. The third-order valence-corrected chi connectivity index (χ3v) is 3.52. The quantitative estimate of drug-likeness (QED) is 0.708. The van der Waals surface area contributed by atoms with Crippen LogP contribution in [-0.2, 0) is 20.7 Å². The van der Waals surface area contributed by atoms with Crippen molar-refractivity contribution in [2.24, 2.45) is 11.8 Å². The number of Topliss-reactive ketones (excluding diaryl/α,β-unsaturated/α-hetero) is 1. The number of carbonyl (C=O) groups is 2. The standard InChI is InChI=1S/C16H20O3/c1-2-19-16(18)14-11-13(14)15(17)10-6-9-12-7-4-3-5-8-12/h3-5,7-8,13-14H,2,6,9-11H2,1H3/t13-,14-/m0/s1. The van der Waals surface area contributed by atoms with E-state index in [0.29, 0.717) is 19.4 Å². The molecule has 0 saturated heterocycles. The first kappa shape index (κ1) is 13.8. The van der Waals surface area contributed by atoms with Gasteiger partial charge in [-0.1, -0.05) is 30.3 Å². The molecule has 1 aliphatic rings. The second-order valence-electron chi connectivity index (χ2n) is 5.01. The smallest absolute Gasteiger partial charge is 0.309 e. The van der Waals surface area contributed by atoms with Crippen LogP contribution < -0.4 is 0 Å². The van der Waals surface area contributed by atoms with Crippen molar-refractivity contribution < 1.29 is 14.3 Å². The SMILES string of the molecule is CCOC(=O)[C@H]1C[C@@H]1C(=O)CCCc1ccccc1. The number of hydrogen-bond donors (Lipinski definition) is 0. The van der Waals surface area contributed by atoms with Gasteiger partial charge in [0.25, 0.3) is 0 Å². The molecule has 2 atom stereocenters. The van der Waals surface area contributed by atoms with Gasteiger partial charge in [0.05, 0.1) is 12.5 Å². The van der Waals surface area contributed by atoms with Crippen molar-refractivity contribution in [3.63, 3.8) is 0 Å². The van der Waals surface area contributed by atoms with Crippen LogP contribution in [0.4, 0.5) is 0 Å². The molecule has 19 heavy (non-hydrogen) atoms. The second-order valence-corrected chi connectivity index (χ2v) is 5.01. The molecule has 0 N–H and O–H groups in total. The molecule has 102 valence electrons. The molecule has 1 aromatic rings. The van der Waals surface area contributed by atoms with Crippen LogP contribution >= 0.6 is 0 Å². The maximum absolute atomic E-state index is 11.9. The molecule has 0 spiro atoms. The van der Waals surface area contributed by atoms with Gasteiger partial charge in [0.2, 0.25) is 0 Å². The zero-order valence-corrected chi connectivity index (χ0v) is 11.3. The average molecular weight is 260 g/mol. The zero-order chi connectivity index (χ0) is 13.7. The van der Waals surface area contributed by atoms with E-state index in [9.17, 15) is 9.59 Å². The fourth-order valence-electron chi connectivity index (χ4n) is 2.36. The Morgan fingerprint density at radius 2 is 1.95 bits per heavy atom. The summed E-state index contributed by atoms with van der Waals surface area (Å²) in [6, 6.07) is 10.2. The molecule has 1 aliphatic carbocycles. The number of hydrogen-bond acceptors (Lipinski definition) is 3. The summed E-state index contributed by atoms with van der Waals surface area (Å²) in [5.41, 5.74) is 1.26. The van der Waals surface area contributed by atoms with Gasteiger partial charge in [0.1, 0.15) is 5.78 Å². The Morgan fingerprint density at radius 3 is 2.63 bits per heavy atom. The van der Waals surface area contributed by atoms with Gasteiger partial charge in [0.15, 0.2) is 0 Å². The minimum atomic E-state index is -0.205. The van der Waals surface area contributed by atoms with Gasteiger partial charge in [-0.05, 0) is 31.7 Å². The summed E-state index contributed by atoms with van der Waals surface area (Å²) in [6.07, 6.45) is 3.02. The molecule has 0 aliphatic heterocycles. The molecule has 1 saturated carbocycles. The fraction of sp³-hybridized carbons (Fsp3) is 0.500. The Hall–Kier alpha value is -1.64. The van der Waals surface area contributed by atoms with Crippen molar-refractivity contribution in [2.75, 3.05) is 6.61 Å². The number of esters is 1. The van der Waals surface area contributed by atoms with Crippen LogP contribution in [0.1, 0.15) is 31.7 Å². The van der Waals surface area contributed by atoms with Crippen LogP contribution in [-0.4, -0.2) is 18.4 Å². The third kappa shape index (κ3) is 3.91. The molecule has 0 bridgehead atoms. The van der Waals surface area contributed by atoms with Crippen molar-refractivity contribution in [3.05, 3.63) is 35.9 Å². The van der Waals surface area contributed by atoms with E-state index < -0.39 is 0 Å². The summed E-state index contributed by atoms with van der Waals surface area (Å²) in [5, 5.41) is 0. The highest BCUT2D eigenvalue weighted by Gasteiger charge is 2.48. The van der Waals surface area contributed by atoms with Crippen LogP contribution in [0.2, 0.25) is 0 Å². The number of rotatable bonds is 7. The first-order valence-electron chi connectivity index (χ1n) is 6.95. The van der Waals surface area contributed by atoms with Gasteiger partial charge in [-0.25, -0.2) is 0 Å². The highest BCUT2D eigenvalue weighted by molar-refractivity contribution is 5.91. The first-order valence-corrected chi connectivity index (χ1v) is 6.95. The third-order valence-electron chi connectivity index (χ3n) is 3.52. The second kappa shape index (κ2) is 6.50. The molecule has 0 unspecified atom stereocenters. The lowest BCUT2D eigenvalue weighted by molar-refractivity contribution is -0.145. The molecule has 0 aromatic heterocycles. The van der Waals surface area contributed by atoms with Crippen molar-refractivity contribution in [1.29, 1.82) is 0 Å². The first-order chi connectivity index (χ1) is 9.22. The lowest BCUT2D eigenvalue weighted by Gasteiger charge is -2.02. The molecule has 2 rings (SSSR count). The van der Waals surface area contributed by atoms with Gasteiger partial charge >= 0.3 is 5.97 Å². The van der Waals surface area contributed by atoms with E-state index in [0.717, 1.165) is 12.8 Å². The number of benzene rings is 1. The molecular formula is C16H20O3. The van der Waals surface area contributed by atoms with Crippen LogP contribution in [0.25, 0.3) is 0 Å². The largest absolute Gasteiger partial charge is 0.466 e. The number of ketones is 1. The Balaban J connectivity index is 1.68. The molecule has 0 heterocycles. The fourth-order valence-corrected chi connectivity index (χ4v) is 2.36. The predicted molar refractivity (Wildman–Crippen MR) is 72.6 cm³/mol. The van der Waals surface area contributed by atoms with E-state index in [-0.39, 0.29) is 23.6 Å². The van der Waals surface area contributed by atoms with Crippen molar-refractivity contribution in [3.8, 4) is 0 Å². The van der Waals surface area contributed by atoms with E-state index in [2.05, 4.69) is 12.1 Å². The molecule has 0 amide bonds. The van der Waals surface area contributed by atoms with Crippen LogP contribution in [0, 0.1) is 11.8 Å². The Labute approximate surface area is 114 Å². The van der Waals surface area contributed by atoms with Crippen molar-refractivity contribution in [2.45, 2.75) is 32.6 Å². The lowest BCUT2D eigenvalue weighted by Crippen LogP contribution is -2.11. The number of aryl methyl sites for hydroxylation is 1. The minimum Gasteiger partial charge on any atom is -0.466 e. The van der Waals surface area contributed by atoms with E-state index in [1.165, 1.54) is 5.56 Å². The van der Waals surface area contributed by atoms with Crippen LogP contribution in [0.5, 0.6) is 0 Å². The summed E-state index contributed by atoms with van der Waals surface area (Å²) in [7, 11) is 0. The molecule has 1 fully saturated rings. The van der Waals surface area contributed by atoms with Gasteiger partial charge < -0.3 is 4.74 Å². The van der Waals surface area contributed by atoms with Crippen molar-refractivity contribution >= 4 is 11.8 Å². The Bertz CT molecular complexity index is 439. The maximum atomic E-state index is 11.9. The molecule has 3 nitrogen and oxygen atoms in total. The number of carbonyl (C=O) groups excluding carboxylic acids is 2. The molecular weight excluding hydrogens is 240 g/mol. The lowest BCUT2D eigenvalue weighted by atomic mass is 10.0. The summed E-state index contributed by atoms with van der Waals surface area (Å²) >= 11 is 0. The van der Waals surface area contributed by atoms with Gasteiger partial charge in [0, 0.05) is 12.3 Å². The molecule has 0 radical (unpaired) electrons. The average Bonchev–Trinajstić information content (AvgIpc) is 3.20. The van der Waals surface area contributed by atoms with Gasteiger partial charge in [-0.15, -0.1) is 0 Å². The number of ether oxygens (including phenoxy) is 1. The zero-order valence-electron chi connectivity index (χ0n) is 11.3. The van der Waals surface area contributed by atoms with Crippen molar-refractivity contribution in [1.82, 2.24) is 0 Å². The topological polar surface area (TPSA) is 43.4 Å². The minimum absolute atomic E-state index is 0.0742. The summed E-state index contributed by atoms with van der Waals surface area (Å²) in [5.74, 6) is -0.225. The monoisotopic (exact) mass is 260 g/mol. The van der Waals surface area contributed by atoms with E-state index in [1.54, 1.807) is 6.92 Å². The molecule has 3 heteroatoms. The highest BCUT2D eigenvalue weighted by Crippen LogP contribution is 2.41. The van der Waals surface area contributed by atoms with E-state index in [4.69, 9.17) is 4.74 Å². The summed E-state index contributed by atoms with van der Waals surface area (Å²) in [4.78, 5) is 23.3. The highest BCUT2D eigenvalue weighted by atomic mass is 16.5. The predicted octanol–water partition coefficient (Wildman–Crippen LogP) is 2.78. The van der Waals surface area contributed by atoms with Crippen LogP contribution in [0.15, 0.2) is 30.3 Å².